The van der Waals surface area contributed by atoms with Crippen LogP contribution < -0.4 is 0 Å². The van der Waals surface area contributed by atoms with Gasteiger partial charge >= 0.3 is 0 Å². The zero-order valence-corrected chi connectivity index (χ0v) is 11.3. The van der Waals surface area contributed by atoms with Crippen LogP contribution in [0.4, 0.5) is 0 Å². The quantitative estimate of drug-likeness (QED) is 0.869. The van der Waals surface area contributed by atoms with Crippen LogP contribution in [-0.4, -0.2) is 11.2 Å². The van der Waals surface area contributed by atoms with Gasteiger partial charge in [-0.2, -0.15) is 0 Å². The van der Waals surface area contributed by atoms with Gasteiger partial charge in [-0.3, -0.25) is 0 Å². The highest BCUT2D eigenvalue weighted by Crippen LogP contribution is 2.33. The van der Waals surface area contributed by atoms with E-state index in [4.69, 9.17) is 0 Å². The summed E-state index contributed by atoms with van der Waals surface area (Å²) in [5, 5.41) is 9.27. The van der Waals surface area contributed by atoms with Crippen molar-refractivity contribution in [1.82, 2.24) is 0 Å². The van der Waals surface area contributed by atoms with Crippen molar-refractivity contribution in [3.05, 3.63) is 24.8 Å². The summed E-state index contributed by atoms with van der Waals surface area (Å²) in [6, 6.07) is 2.03. The molecule has 0 fully saturated rings. The summed E-state index contributed by atoms with van der Waals surface area (Å²) in [6.07, 6.45) is 1.62. The van der Waals surface area contributed by atoms with Gasteiger partial charge in [0.25, 0.3) is 0 Å². The van der Waals surface area contributed by atoms with Crippen LogP contribution in [0.3, 0.4) is 0 Å². The second-order valence-electron chi connectivity index (χ2n) is 2.83. The Balaban J connectivity index is 2.91. The standard InChI is InChI=1S/C9H10Br2OS/c1-5(6(2)12)3-7-4-8(10)9(11)13-7/h3-4,6,12H,1-2H3/b5-3+. The van der Waals surface area contributed by atoms with Crippen molar-refractivity contribution < 1.29 is 5.11 Å². The fourth-order valence-corrected chi connectivity index (χ4v) is 2.88. The Labute approximate surface area is 98.7 Å². The number of hydrogen-bond acceptors (Lipinski definition) is 2. The summed E-state index contributed by atoms with van der Waals surface area (Å²) in [5.41, 5.74) is 0.973. The Morgan fingerprint density at radius 2 is 2.23 bits per heavy atom. The Kier molecular flexibility index (Phi) is 4.16. The van der Waals surface area contributed by atoms with Crippen molar-refractivity contribution in [3.8, 4) is 0 Å². The SMILES string of the molecule is C/C(=C\c1cc(Br)c(Br)s1)C(C)O. The molecule has 0 aliphatic rings. The molecule has 0 radical (unpaired) electrons. The first-order valence-corrected chi connectivity index (χ1v) is 6.22. The fourth-order valence-electron chi connectivity index (χ4n) is 0.779. The van der Waals surface area contributed by atoms with Gasteiger partial charge in [0.2, 0.25) is 0 Å². The third kappa shape index (κ3) is 3.20. The molecule has 0 aromatic carbocycles. The number of hydrogen-bond donors (Lipinski definition) is 1. The molecule has 0 aliphatic heterocycles. The van der Waals surface area contributed by atoms with E-state index in [0.717, 1.165) is 18.7 Å². The summed E-state index contributed by atoms with van der Waals surface area (Å²) >= 11 is 8.48. The van der Waals surface area contributed by atoms with Crippen LogP contribution in [-0.2, 0) is 0 Å². The Morgan fingerprint density at radius 3 is 2.62 bits per heavy atom. The number of aliphatic hydroxyl groups excluding tert-OH is 1. The van der Waals surface area contributed by atoms with Crippen molar-refractivity contribution in [2.24, 2.45) is 0 Å². The third-order valence-corrected chi connectivity index (χ3v) is 4.90. The molecular weight excluding hydrogens is 316 g/mol. The summed E-state index contributed by atoms with van der Waals surface area (Å²) in [5.74, 6) is 0. The third-order valence-electron chi connectivity index (χ3n) is 1.69. The molecule has 0 spiro atoms. The highest BCUT2D eigenvalue weighted by molar-refractivity contribution is 9.13. The van der Waals surface area contributed by atoms with E-state index >= 15 is 0 Å². The minimum Gasteiger partial charge on any atom is -0.389 e. The lowest BCUT2D eigenvalue weighted by molar-refractivity contribution is 0.232. The molecule has 0 aliphatic carbocycles. The molecule has 0 amide bonds. The van der Waals surface area contributed by atoms with Crippen molar-refractivity contribution >= 4 is 49.3 Å². The first-order chi connectivity index (χ1) is 6.00. The average Bonchev–Trinajstić information content (AvgIpc) is 2.31. The van der Waals surface area contributed by atoms with E-state index in [2.05, 4.69) is 31.9 Å². The van der Waals surface area contributed by atoms with E-state index in [9.17, 15) is 5.11 Å². The Bertz CT molecular complexity index is 309. The van der Waals surface area contributed by atoms with Gasteiger partial charge in [0.15, 0.2) is 0 Å². The minimum atomic E-state index is -0.375. The van der Waals surface area contributed by atoms with E-state index in [0.29, 0.717) is 0 Å². The molecular formula is C9H10Br2OS. The number of thiophene rings is 1. The molecule has 1 rings (SSSR count). The smallest absolute Gasteiger partial charge is 0.0846 e. The van der Waals surface area contributed by atoms with Gasteiger partial charge in [0.05, 0.1) is 9.89 Å². The number of halogens is 2. The van der Waals surface area contributed by atoms with E-state index in [-0.39, 0.29) is 6.10 Å². The average molecular weight is 326 g/mol. The van der Waals surface area contributed by atoms with Gasteiger partial charge in [0, 0.05) is 9.35 Å². The Hall–Kier alpha value is 0.360. The lowest BCUT2D eigenvalue weighted by Gasteiger charge is -2.01. The molecule has 4 heteroatoms. The monoisotopic (exact) mass is 324 g/mol. The highest BCUT2D eigenvalue weighted by atomic mass is 79.9. The van der Waals surface area contributed by atoms with Crippen LogP contribution in [0.5, 0.6) is 0 Å². The maximum atomic E-state index is 9.27. The molecule has 1 unspecified atom stereocenters. The summed E-state index contributed by atoms with van der Waals surface area (Å²) in [6.45, 7) is 3.69. The minimum absolute atomic E-state index is 0.375. The zero-order valence-electron chi connectivity index (χ0n) is 7.34. The van der Waals surface area contributed by atoms with Crippen molar-refractivity contribution in [1.29, 1.82) is 0 Å². The van der Waals surface area contributed by atoms with Gasteiger partial charge in [-0.1, -0.05) is 0 Å². The molecule has 1 nitrogen and oxygen atoms in total. The first-order valence-electron chi connectivity index (χ1n) is 3.82. The van der Waals surface area contributed by atoms with Crippen LogP contribution in [0.1, 0.15) is 18.7 Å². The summed E-state index contributed by atoms with van der Waals surface area (Å²) in [7, 11) is 0. The molecule has 1 heterocycles. The molecule has 13 heavy (non-hydrogen) atoms. The lowest BCUT2D eigenvalue weighted by Crippen LogP contribution is -1.99. The number of aliphatic hydroxyl groups is 1. The summed E-state index contributed by atoms with van der Waals surface area (Å²) in [4.78, 5) is 1.14. The number of rotatable bonds is 2. The molecule has 0 saturated carbocycles. The van der Waals surface area contributed by atoms with Crippen LogP contribution >= 0.6 is 43.2 Å². The van der Waals surface area contributed by atoms with Crippen molar-refractivity contribution in [2.75, 3.05) is 0 Å². The molecule has 72 valence electrons. The predicted octanol–water partition coefficient (Wildman–Crippen LogP) is 4.06. The van der Waals surface area contributed by atoms with Gasteiger partial charge in [-0.15, -0.1) is 11.3 Å². The topological polar surface area (TPSA) is 20.2 Å². The molecule has 0 saturated heterocycles. The Morgan fingerprint density at radius 1 is 1.62 bits per heavy atom. The zero-order chi connectivity index (χ0) is 10.0. The van der Waals surface area contributed by atoms with Crippen LogP contribution in [0.15, 0.2) is 19.9 Å². The predicted molar refractivity (Wildman–Crippen MR) is 65.1 cm³/mol. The van der Waals surface area contributed by atoms with E-state index in [1.54, 1.807) is 18.3 Å². The lowest BCUT2D eigenvalue weighted by atomic mass is 10.2. The molecule has 0 bridgehead atoms. The highest BCUT2D eigenvalue weighted by Gasteiger charge is 2.03. The fraction of sp³-hybridized carbons (Fsp3) is 0.333. The maximum absolute atomic E-state index is 9.27. The summed E-state index contributed by atoms with van der Waals surface area (Å²) < 4.78 is 2.14. The second-order valence-corrected chi connectivity index (χ2v) is 6.09. The van der Waals surface area contributed by atoms with Gasteiger partial charge in [-0.25, -0.2) is 0 Å². The second kappa shape index (κ2) is 4.73. The normalized spacial score (nSPS) is 14.7. The molecule has 1 atom stereocenters. The van der Waals surface area contributed by atoms with Gasteiger partial charge in [-0.05, 0) is 63.4 Å². The van der Waals surface area contributed by atoms with Crippen LogP contribution in [0.2, 0.25) is 0 Å². The van der Waals surface area contributed by atoms with Gasteiger partial charge in [0.1, 0.15) is 0 Å². The van der Waals surface area contributed by atoms with E-state index < -0.39 is 0 Å². The molecule has 1 aromatic heterocycles. The molecule has 1 N–H and O–H groups in total. The largest absolute Gasteiger partial charge is 0.389 e. The van der Waals surface area contributed by atoms with Crippen molar-refractivity contribution in [2.45, 2.75) is 20.0 Å². The molecule has 1 aromatic rings. The first kappa shape index (κ1) is 11.4. The maximum Gasteiger partial charge on any atom is 0.0846 e. The van der Waals surface area contributed by atoms with E-state index in [1.165, 1.54) is 0 Å². The van der Waals surface area contributed by atoms with E-state index in [1.807, 2.05) is 19.1 Å². The van der Waals surface area contributed by atoms with Crippen molar-refractivity contribution in [3.63, 3.8) is 0 Å². The van der Waals surface area contributed by atoms with Crippen LogP contribution in [0, 0.1) is 0 Å². The van der Waals surface area contributed by atoms with Crippen LogP contribution in [0.25, 0.3) is 6.08 Å². The van der Waals surface area contributed by atoms with Gasteiger partial charge < -0.3 is 5.11 Å².